The molecule has 0 aliphatic rings. The summed E-state index contributed by atoms with van der Waals surface area (Å²) in [6.07, 6.45) is 1.88. The van der Waals surface area contributed by atoms with E-state index in [-0.39, 0.29) is 0 Å². The molecule has 224 valence electrons. The van der Waals surface area contributed by atoms with Gasteiger partial charge in [-0.1, -0.05) is 115 Å². The minimum absolute atomic E-state index is 0.463. The summed E-state index contributed by atoms with van der Waals surface area (Å²) in [4.78, 5) is 20.3. The number of hydrogen-bond acceptors (Lipinski definition) is 6. The molecule has 10 rings (SSSR count). The Hall–Kier alpha value is -6.66. The molecule has 0 N–H and O–H groups in total. The summed E-state index contributed by atoms with van der Waals surface area (Å²) < 4.78 is 12.8. The molecule has 0 spiro atoms. The first kappa shape index (κ1) is 26.5. The van der Waals surface area contributed by atoms with E-state index in [0.717, 1.165) is 71.5 Å². The zero-order chi connectivity index (χ0) is 31.6. The van der Waals surface area contributed by atoms with Gasteiger partial charge in [-0.25, -0.2) is 15.0 Å². The van der Waals surface area contributed by atoms with E-state index in [2.05, 4.69) is 54.6 Å². The van der Waals surface area contributed by atoms with E-state index in [0.29, 0.717) is 23.2 Å². The number of hydrogen-bond donors (Lipinski definition) is 0. The average molecular weight is 617 g/mol. The molecule has 0 unspecified atom stereocenters. The summed E-state index contributed by atoms with van der Waals surface area (Å²) in [5, 5.41) is 6.11. The molecule has 0 atom stereocenters. The number of pyridine rings is 1. The van der Waals surface area contributed by atoms with Crippen molar-refractivity contribution >= 4 is 54.6 Å². The Morgan fingerprint density at radius 3 is 1.94 bits per heavy atom. The monoisotopic (exact) mass is 616 g/mol. The molecule has 4 aromatic heterocycles. The number of furan rings is 2. The summed E-state index contributed by atoms with van der Waals surface area (Å²) in [6.45, 7) is 0. The first-order valence-corrected chi connectivity index (χ1v) is 15.8. The van der Waals surface area contributed by atoms with E-state index in [1.807, 2.05) is 91.1 Å². The van der Waals surface area contributed by atoms with Crippen LogP contribution in [-0.2, 0) is 0 Å². The van der Waals surface area contributed by atoms with Crippen molar-refractivity contribution in [3.05, 3.63) is 146 Å². The maximum absolute atomic E-state index is 6.61. The molecule has 0 aliphatic heterocycles. The molecule has 0 saturated carbocycles. The number of benzene rings is 6. The SMILES string of the molecule is c1ccc(-c2nc(-c3cccc4oc5ccccc5c34)nc(-c3ncc(-c4ccc5ccccc5c4)c4oc5ccccc5c34)n2)cc1. The predicted octanol–water partition coefficient (Wildman–Crippen LogP) is 10.9. The van der Waals surface area contributed by atoms with Gasteiger partial charge in [-0.2, -0.15) is 0 Å². The van der Waals surface area contributed by atoms with Crippen molar-refractivity contribution in [2.24, 2.45) is 0 Å². The minimum atomic E-state index is 0.463. The van der Waals surface area contributed by atoms with Gasteiger partial charge < -0.3 is 8.83 Å². The Kier molecular flexibility index (Phi) is 5.77. The van der Waals surface area contributed by atoms with E-state index >= 15 is 0 Å². The average Bonchev–Trinajstić information content (AvgIpc) is 3.74. The van der Waals surface area contributed by atoms with Crippen LogP contribution in [0.15, 0.2) is 155 Å². The van der Waals surface area contributed by atoms with Crippen molar-refractivity contribution in [1.29, 1.82) is 0 Å². The van der Waals surface area contributed by atoms with Gasteiger partial charge in [0.2, 0.25) is 0 Å². The molecule has 6 heteroatoms. The molecule has 0 radical (unpaired) electrons. The second-order valence-electron chi connectivity index (χ2n) is 11.8. The fourth-order valence-electron chi connectivity index (χ4n) is 6.73. The molecular weight excluding hydrogens is 592 g/mol. The molecule has 0 saturated heterocycles. The Bertz CT molecular complexity index is 2850. The minimum Gasteiger partial charge on any atom is -0.456 e. The van der Waals surface area contributed by atoms with Gasteiger partial charge in [-0.05, 0) is 40.6 Å². The third-order valence-corrected chi connectivity index (χ3v) is 8.98. The fourth-order valence-corrected chi connectivity index (χ4v) is 6.73. The highest BCUT2D eigenvalue weighted by atomic mass is 16.3. The van der Waals surface area contributed by atoms with Crippen LogP contribution in [0.2, 0.25) is 0 Å². The van der Waals surface area contributed by atoms with Gasteiger partial charge in [0.05, 0.1) is 5.39 Å². The van der Waals surface area contributed by atoms with Crippen LogP contribution in [0.5, 0.6) is 0 Å². The molecule has 10 aromatic rings. The van der Waals surface area contributed by atoms with Gasteiger partial charge in [0, 0.05) is 39.0 Å². The lowest BCUT2D eigenvalue weighted by Crippen LogP contribution is -2.02. The van der Waals surface area contributed by atoms with Crippen molar-refractivity contribution in [3.63, 3.8) is 0 Å². The summed E-state index contributed by atoms with van der Waals surface area (Å²) in [5.41, 5.74) is 7.41. The first-order valence-electron chi connectivity index (χ1n) is 15.8. The van der Waals surface area contributed by atoms with Gasteiger partial charge in [-0.3, -0.25) is 4.98 Å². The van der Waals surface area contributed by atoms with Gasteiger partial charge in [0.15, 0.2) is 17.5 Å². The van der Waals surface area contributed by atoms with Crippen LogP contribution < -0.4 is 0 Å². The van der Waals surface area contributed by atoms with Gasteiger partial charge in [0.25, 0.3) is 0 Å². The second kappa shape index (κ2) is 10.4. The lowest BCUT2D eigenvalue weighted by atomic mass is 10.00. The highest BCUT2D eigenvalue weighted by Crippen LogP contribution is 2.41. The standard InChI is InChI=1S/C42H24N4O2/c1-2-12-26(13-3-1)40-44-41(31-17-10-20-35-36(31)29-15-6-8-18-33(29)47-35)46-42(45-40)38-37-30-16-7-9-19-34(30)48-39(37)32(24-43-38)28-22-21-25-11-4-5-14-27(25)23-28/h1-24H. The summed E-state index contributed by atoms with van der Waals surface area (Å²) >= 11 is 0. The maximum Gasteiger partial charge on any atom is 0.183 e. The Morgan fingerprint density at radius 2 is 1.08 bits per heavy atom. The largest absolute Gasteiger partial charge is 0.456 e. The van der Waals surface area contributed by atoms with E-state index in [1.165, 1.54) is 5.39 Å². The Morgan fingerprint density at radius 1 is 0.417 bits per heavy atom. The molecule has 4 heterocycles. The van der Waals surface area contributed by atoms with E-state index < -0.39 is 0 Å². The van der Waals surface area contributed by atoms with Crippen molar-refractivity contribution in [3.8, 4) is 45.4 Å². The highest BCUT2D eigenvalue weighted by molar-refractivity contribution is 6.15. The molecule has 6 nitrogen and oxygen atoms in total. The van der Waals surface area contributed by atoms with Gasteiger partial charge >= 0.3 is 0 Å². The van der Waals surface area contributed by atoms with Crippen LogP contribution >= 0.6 is 0 Å². The third-order valence-electron chi connectivity index (χ3n) is 8.98. The van der Waals surface area contributed by atoms with Crippen molar-refractivity contribution < 1.29 is 8.83 Å². The van der Waals surface area contributed by atoms with Crippen molar-refractivity contribution in [2.75, 3.05) is 0 Å². The van der Waals surface area contributed by atoms with Crippen molar-refractivity contribution in [1.82, 2.24) is 19.9 Å². The Labute approximate surface area is 274 Å². The number of rotatable bonds is 4. The summed E-state index contributed by atoms with van der Waals surface area (Å²) in [6, 6.07) is 46.9. The fraction of sp³-hybridized carbons (Fsp3) is 0. The number of para-hydroxylation sites is 2. The Balaban J connectivity index is 1.26. The maximum atomic E-state index is 6.61. The van der Waals surface area contributed by atoms with Crippen LogP contribution in [0.3, 0.4) is 0 Å². The molecular formula is C42H24N4O2. The van der Waals surface area contributed by atoms with Crippen LogP contribution in [0.4, 0.5) is 0 Å². The molecule has 6 aromatic carbocycles. The van der Waals surface area contributed by atoms with Crippen LogP contribution in [0, 0.1) is 0 Å². The van der Waals surface area contributed by atoms with Crippen LogP contribution in [0.25, 0.3) is 100 Å². The van der Waals surface area contributed by atoms with Crippen LogP contribution in [-0.4, -0.2) is 19.9 Å². The number of aromatic nitrogens is 4. The molecule has 0 amide bonds. The highest BCUT2D eigenvalue weighted by Gasteiger charge is 2.23. The predicted molar refractivity (Wildman–Crippen MR) is 191 cm³/mol. The third kappa shape index (κ3) is 4.13. The van der Waals surface area contributed by atoms with Gasteiger partial charge in [0.1, 0.15) is 28.0 Å². The van der Waals surface area contributed by atoms with Crippen LogP contribution in [0.1, 0.15) is 0 Å². The van der Waals surface area contributed by atoms with E-state index in [9.17, 15) is 0 Å². The van der Waals surface area contributed by atoms with Gasteiger partial charge in [-0.15, -0.1) is 0 Å². The van der Waals surface area contributed by atoms with Crippen molar-refractivity contribution in [2.45, 2.75) is 0 Å². The molecule has 48 heavy (non-hydrogen) atoms. The zero-order valence-corrected chi connectivity index (χ0v) is 25.5. The zero-order valence-electron chi connectivity index (χ0n) is 25.5. The first-order chi connectivity index (χ1) is 23.8. The number of fused-ring (bicyclic) bond motifs is 7. The quantitative estimate of drug-likeness (QED) is 0.196. The second-order valence-corrected chi connectivity index (χ2v) is 11.8. The lowest BCUT2D eigenvalue weighted by molar-refractivity contribution is 0.669. The molecule has 0 aliphatic carbocycles. The lowest BCUT2D eigenvalue weighted by Gasteiger charge is -2.11. The smallest absolute Gasteiger partial charge is 0.183 e. The number of nitrogens with zero attached hydrogens (tertiary/aromatic N) is 4. The van der Waals surface area contributed by atoms with E-state index in [4.69, 9.17) is 28.8 Å². The topological polar surface area (TPSA) is 77.8 Å². The van der Waals surface area contributed by atoms with E-state index in [1.54, 1.807) is 0 Å². The normalized spacial score (nSPS) is 11.8. The summed E-state index contributed by atoms with van der Waals surface area (Å²) in [7, 11) is 0. The molecule has 0 bridgehead atoms. The summed E-state index contributed by atoms with van der Waals surface area (Å²) in [5.74, 6) is 1.56. The molecule has 0 fully saturated rings.